The molecule has 0 amide bonds. The molecule has 0 aliphatic rings. The van der Waals surface area contributed by atoms with Crippen molar-refractivity contribution in [2.45, 2.75) is 32.7 Å². The molecule has 0 aromatic heterocycles. The second-order valence-corrected chi connectivity index (χ2v) is 4.50. The molecule has 0 radical (unpaired) electrons. The lowest BCUT2D eigenvalue weighted by atomic mass is 9.94. The van der Waals surface area contributed by atoms with Gasteiger partial charge in [0, 0.05) is 6.04 Å². The Kier molecular flexibility index (Phi) is 11.5. The standard InChI is InChI=1S/C11H21N.H2O4S/c1-5-8-11(9-6-2)10(4)12-7-3;1-5(2,3)4/h5-6,10-12H,1-2,7-9H2,3-4H3;(H2,1,2,3,4). The lowest BCUT2D eigenvalue weighted by Crippen LogP contribution is -2.32. The molecule has 0 bridgehead atoms. The van der Waals surface area contributed by atoms with Crippen molar-refractivity contribution in [2.75, 3.05) is 6.54 Å². The predicted molar refractivity (Wildman–Crippen MR) is 70.4 cm³/mol. The SMILES string of the molecule is C=CCC(CC=C)C(C)NCC.O=S(=O)(O)O. The summed E-state index contributed by atoms with van der Waals surface area (Å²) in [5, 5.41) is 3.42. The van der Waals surface area contributed by atoms with E-state index < -0.39 is 10.4 Å². The van der Waals surface area contributed by atoms with E-state index >= 15 is 0 Å². The van der Waals surface area contributed by atoms with E-state index in [1.807, 2.05) is 12.2 Å². The van der Waals surface area contributed by atoms with Crippen molar-refractivity contribution in [2.24, 2.45) is 5.92 Å². The molecule has 0 aliphatic heterocycles. The Labute approximate surface area is 104 Å². The van der Waals surface area contributed by atoms with Crippen molar-refractivity contribution >= 4 is 10.4 Å². The molecular weight excluding hydrogens is 242 g/mol. The first-order chi connectivity index (χ1) is 7.76. The number of nitrogens with one attached hydrogen (secondary N) is 1. The van der Waals surface area contributed by atoms with E-state index in [2.05, 4.69) is 32.3 Å². The zero-order valence-corrected chi connectivity index (χ0v) is 11.3. The van der Waals surface area contributed by atoms with E-state index in [4.69, 9.17) is 17.5 Å². The normalized spacial score (nSPS) is 12.5. The molecule has 1 atom stereocenters. The first-order valence-corrected chi connectivity index (χ1v) is 6.80. The van der Waals surface area contributed by atoms with Crippen molar-refractivity contribution < 1.29 is 17.5 Å². The van der Waals surface area contributed by atoms with Crippen LogP contribution in [0.4, 0.5) is 0 Å². The maximum Gasteiger partial charge on any atom is 0.394 e. The molecule has 17 heavy (non-hydrogen) atoms. The zero-order valence-electron chi connectivity index (χ0n) is 10.5. The smallest absolute Gasteiger partial charge is 0.314 e. The quantitative estimate of drug-likeness (QED) is 0.485. The summed E-state index contributed by atoms with van der Waals surface area (Å²) in [7, 11) is -4.67. The average molecular weight is 265 g/mol. The molecule has 0 aromatic carbocycles. The van der Waals surface area contributed by atoms with Gasteiger partial charge in [-0.2, -0.15) is 8.42 Å². The molecule has 0 fully saturated rings. The third kappa shape index (κ3) is 17.9. The molecule has 0 aromatic rings. The summed E-state index contributed by atoms with van der Waals surface area (Å²) in [4.78, 5) is 0. The lowest BCUT2D eigenvalue weighted by Gasteiger charge is -2.22. The molecule has 0 aliphatic carbocycles. The van der Waals surface area contributed by atoms with Crippen molar-refractivity contribution in [1.29, 1.82) is 0 Å². The summed E-state index contributed by atoms with van der Waals surface area (Å²) in [6, 6.07) is 0.561. The van der Waals surface area contributed by atoms with E-state index in [1.165, 1.54) is 0 Å². The van der Waals surface area contributed by atoms with Crippen molar-refractivity contribution in [3.63, 3.8) is 0 Å². The van der Waals surface area contributed by atoms with Crippen LogP contribution in [-0.2, 0) is 10.4 Å². The van der Waals surface area contributed by atoms with Crippen molar-refractivity contribution in [1.82, 2.24) is 5.32 Å². The average Bonchev–Trinajstić information content (AvgIpc) is 2.15. The van der Waals surface area contributed by atoms with Gasteiger partial charge in [0.1, 0.15) is 0 Å². The molecule has 0 rings (SSSR count). The topological polar surface area (TPSA) is 86.6 Å². The third-order valence-corrected chi connectivity index (χ3v) is 2.17. The third-order valence-electron chi connectivity index (χ3n) is 2.17. The highest BCUT2D eigenvalue weighted by molar-refractivity contribution is 7.79. The van der Waals surface area contributed by atoms with Gasteiger partial charge in [-0.05, 0) is 32.2 Å². The van der Waals surface area contributed by atoms with Crippen LogP contribution in [0.2, 0.25) is 0 Å². The summed E-state index contributed by atoms with van der Waals surface area (Å²) in [6.07, 6.45) is 6.12. The zero-order chi connectivity index (χ0) is 13.9. The van der Waals surface area contributed by atoms with Crippen LogP contribution in [0.1, 0.15) is 26.7 Å². The highest BCUT2D eigenvalue weighted by Crippen LogP contribution is 2.14. The molecule has 5 nitrogen and oxygen atoms in total. The summed E-state index contributed by atoms with van der Waals surface area (Å²) in [6.45, 7) is 12.9. The molecule has 0 spiro atoms. The predicted octanol–water partition coefficient (Wildman–Crippen LogP) is 2.10. The van der Waals surface area contributed by atoms with Gasteiger partial charge in [-0.15, -0.1) is 13.2 Å². The van der Waals surface area contributed by atoms with Crippen molar-refractivity contribution in [3.05, 3.63) is 25.3 Å². The Balaban J connectivity index is 0. The summed E-state index contributed by atoms with van der Waals surface area (Å²) in [5.74, 6) is 0.653. The Morgan fingerprint density at radius 3 is 1.82 bits per heavy atom. The second kappa shape index (κ2) is 10.5. The molecular formula is C11H23NO4S. The lowest BCUT2D eigenvalue weighted by molar-refractivity contribution is 0.381. The Bertz CT molecular complexity index is 283. The van der Waals surface area contributed by atoms with Gasteiger partial charge in [0.25, 0.3) is 0 Å². The van der Waals surface area contributed by atoms with Crippen LogP contribution in [0.15, 0.2) is 25.3 Å². The van der Waals surface area contributed by atoms with Gasteiger partial charge in [-0.25, -0.2) is 0 Å². The molecule has 1 unspecified atom stereocenters. The van der Waals surface area contributed by atoms with Gasteiger partial charge in [0.2, 0.25) is 0 Å². The fourth-order valence-corrected chi connectivity index (χ4v) is 1.42. The van der Waals surface area contributed by atoms with Gasteiger partial charge < -0.3 is 5.32 Å². The van der Waals surface area contributed by atoms with Gasteiger partial charge >= 0.3 is 10.4 Å². The first-order valence-electron chi connectivity index (χ1n) is 5.41. The van der Waals surface area contributed by atoms with Gasteiger partial charge in [-0.1, -0.05) is 19.1 Å². The highest BCUT2D eigenvalue weighted by Gasteiger charge is 2.12. The summed E-state index contributed by atoms with van der Waals surface area (Å²) in [5.41, 5.74) is 0. The Morgan fingerprint density at radius 1 is 1.24 bits per heavy atom. The molecule has 0 heterocycles. The van der Waals surface area contributed by atoms with E-state index in [1.54, 1.807) is 0 Å². The largest absolute Gasteiger partial charge is 0.394 e. The monoisotopic (exact) mass is 265 g/mol. The number of hydrogen-bond acceptors (Lipinski definition) is 3. The van der Waals surface area contributed by atoms with Gasteiger partial charge in [0.05, 0.1) is 0 Å². The van der Waals surface area contributed by atoms with Crippen LogP contribution in [0.5, 0.6) is 0 Å². The van der Waals surface area contributed by atoms with E-state index in [9.17, 15) is 0 Å². The molecule has 102 valence electrons. The van der Waals surface area contributed by atoms with E-state index in [0.717, 1.165) is 19.4 Å². The summed E-state index contributed by atoms with van der Waals surface area (Å²) < 4.78 is 31.6. The Morgan fingerprint density at radius 2 is 1.59 bits per heavy atom. The maximum absolute atomic E-state index is 8.74. The summed E-state index contributed by atoms with van der Waals surface area (Å²) >= 11 is 0. The number of rotatable bonds is 7. The minimum Gasteiger partial charge on any atom is -0.314 e. The number of hydrogen-bond donors (Lipinski definition) is 3. The van der Waals surface area contributed by atoms with Crippen LogP contribution < -0.4 is 5.32 Å². The molecule has 0 saturated heterocycles. The van der Waals surface area contributed by atoms with Gasteiger partial charge in [0.15, 0.2) is 0 Å². The van der Waals surface area contributed by atoms with Crippen LogP contribution >= 0.6 is 0 Å². The van der Waals surface area contributed by atoms with Crippen LogP contribution in [-0.4, -0.2) is 30.1 Å². The fraction of sp³-hybridized carbons (Fsp3) is 0.636. The van der Waals surface area contributed by atoms with E-state index in [-0.39, 0.29) is 0 Å². The van der Waals surface area contributed by atoms with Crippen LogP contribution in [0.3, 0.4) is 0 Å². The fourth-order valence-electron chi connectivity index (χ4n) is 1.42. The number of allylic oxidation sites excluding steroid dienone is 2. The van der Waals surface area contributed by atoms with Crippen molar-refractivity contribution in [3.8, 4) is 0 Å². The van der Waals surface area contributed by atoms with Crippen LogP contribution in [0.25, 0.3) is 0 Å². The molecule has 0 saturated carbocycles. The Hall–Kier alpha value is -0.690. The highest BCUT2D eigenvalue weighted by atomic mass is 32.3. The minimum atomic E-state index is -4.67. The van der Waals surface area contributed by atoms with Crippen LogP contribution in [0, 0.1) is 5.92 Å². The first kappa shape index (κ1) is 18.7. The second-order valence-electron chi connectivity index (χ2n) is 3.60. The molecule has 6 heteroatoms. The minimum absolute atomic E-state index is 0.561. The van der Waals surface area contributed by atoms with E-state index in [0.29, 0.717) is 12.0 Å². The maximum atomic E-state index is 8.74. The van der Waals surface area contributed by atoms with Gasteiger partial charge in [-0.3, -0.25) is 9.11 Å². The molecule has 3 N–H and O–H groups in total.